The van der Waals surface area contributed by atoms with Crippen LogP contribution in [0.25, 0.3) is 0 Å². The van der Waals surface area contributed by atoms with Crippen molar-refractivity contribution in [2.75, 3.05) is 26.4 Å². The second-order valence-electron chi connectivity index (χ2n) is 3.68. The minimum Gasteiger partial charge on any atom is -0.491 e. The van der Waals surface area contributed by atoms with Gasteiger partial charge < -0.3 is 18.0 Å². The van der Waals surface area contributed by atoms with Crippen LogP contribution in [0.5, 0.6) is 5.75 Å². The molecule has 1 aromatic carbocycles. The number of benzene rings is 1. The van der Waals surface area contributed by atoms with Gasteiger partial charge in [-0.2, -0.15) is 0 Å². The number of ether oxygens (including phenoxy) is 1. The Balaban J connectivity index is 2.37. The molecule has 0 amide bonds. The van der Waals surface area contributed by atoms with Crippen LogP contribution in [0, 0.1) is 0 Å². The van der Waals surface area contributed by atoms with Crippen LogP contribution < -0.4 is 4.74 Å². The van der Waals surface area contributed by atoms with Gasteiger partial charge in [0.05, 0.1) is 6.61 Å². The third kappa shape index (κ3) is 5.57. The summed E-state index contributed by atoms with van der Waals surface area (Å²) in [5.41, 5.74) is 1.66. The third-order valence-electron chi connectivity index (χ3n) is 2.34. The second-order valence-corrected chi connectivity index (χ2v) is 6.17. The van der Waals surface area contributed by atoms with Crippen LogP contribution in [0.15, 0.2) is 42.6 Å². The molecule has 0 radical (unpaired) electrons. The Bertz CT molecular complexity index is 350. The zero-order valence-electron chi connectivity index (χ0n) is 11.6. The van der Waals surface area contributed by atoms with Crippen LogP contribution in [-0.4, -0.2) is 35.2 Å². The zero-order chi connectivity index (χ0) is 14.0. The van der Waals surface area contributed by atoms with E-state index in [1.165, 1.54) is 0 Å². The summed E-state index contributed by atoms with van der Waals surface area (Å²) in [6, 6.07) is 9.62. The third-order valence-corrected chi connectivity index (χ3v) is 4.83. The van der Waals surface area contributed by atoms with Gasteiger partial charge in [0.25, 0.3) is 0 Å². The molecule has 0 bridgehead atoms. The van der Waals surface area contributed by atoms with Crippen molar-refractivity contribution in [3.8, 4) is 5.75 Å². The summed E-state index contributed by atoms with van der Waals surface area (Å²) < 4.78 is 22.5. The van der Waals surface area contributed by atoms with Crippen molar-refractivity contribution in [1.29, 1.82) is 0 Å². The lowest BCUT2D eigenvalue weighted by molar-refractivity contribution is 0.0681. The molecule has 1 aromatic rings. The van der Waals surface area contributed by atoms with Gasteiger partial charge in [0.15, 0.2) is 0 Å². The van der Waals surface area contributed by atoms with E-state index in [4.69, 9.17) is 18.0 Å². The van der Waals surface area contributed by atoms with Gasteiger partial charge in [0.2, 0.25) is 0 Å². The Morgan fingerprint density at radius 2 is 1.63 bits per heavy atom. The molecule has 0 heterocycles. The molecule has 106 valence electrons. The maximum absolute atomic E-state index is 5.73. The number of para-hydroxylation sites is 1. The van der Waals surface area contributed by atoms with Crippen molar-refractivity contribution in [3.05, 3.63) is 42.6 Å². The summed E-state index contributed by atoms with van der Waals surface area (Å²) in [4.78, 5) is 0. The largest absolute Gasteiger partial charge is 0.529 e. The summed E-state index contributed by atoms with van der Waals surface area (Å²) in [5, 5.41) is 0. The minimum absolute atomic E-state index is 0.410. The van der Waals surface area contributed by atoms with Gasteiger partial charge in [-0.25, -0.2) is 0 Å². The molecule has 4 nitrogen and oxygen atoms in total. The maximum Gasteiger partial charge on any atom is 0.529 e. The highest BCUT2D eigenvalue weighted by Gasteiger charge is 2.37. The van der Waals surface area contributed by atoms with Crippen LogP contribution in [-0.2, 0) is 13.3 Å². The Kier molecular flexibility index (Phi) is 7.43. The van der Waals surface area contributed by atoms with Crippen molar-refractivity contribution in [2.45, 2.75) is 13.8 Å². The normalized spacial score (nSPS) is 11.3. The number of hydrogen-bond acceptors (Lipinski definition) is 4. The van der Waals surface area contributed by atoms with Gasteiger partial charge in [-0.05, 0) is 31.7 Å². The molecule has 0 unspecified atom stereocenters. The van der Waals surface area contributed by atoms with Crippen molar-refractivity contribution in [2.24, 2.45) is 0 Å². The number of hydrogen-bond donors (Lipinski definition) is 0. The summed E-state index contributed by atoms with van der Waals surface area (Å²) in [7, 11) is -2.72. The summed E-state index contributed by atoms with van der Waals surface area (Å²) >= 11 is 0. The molecule has 0 N–H and O–H groups in total. The average molecular weight is 282 g/mol. The van der Waals surface area contributed by atoms with Crippen molar-refractivity contribution < 1.29 is 18.0 Å². The van der Waals surface area contributed by atoms with Crippen molar-refractivity contribution >= 4 is 8.80 Å². The SMILES string of the molecule is C=C[Si](OCC)(OCC)OCCOc1ccccc1. The fourth-order valence-corrected chi connectivity index (χ4v) is 3.34. The molecule has 0 aliphatic rings. The summed E-state index contributed by atoms with van der Waals surface area (Å²) in [6.45, 7) is 9.51. The standard InChI is InChI=1S/C14H22O4Si/c1-4-16-19(6-3,17-5-2)18-13-12-15-14-10-8-7-9-11-14/h6-11H,3-5,12-13H2,1-2H3. The van der Waals surface area contributed by atoms with E-state index in [9.17, 15) is 0 Å². The van der Waals surface area contributed by atoms with Crippen LogP contribution in [0.3, 0.4) is 0 Å². The topological polar surface area (TPSA) is 36.9 Å². The first-order valence-electron chi connectivity index (χ1n) is 6.49. The Hall–Kier alpha value is -1.14. The zero-order valence-corrected chi connectivity index (χ0v) is 12.6. The lowest BCUT2D eigenvalue weighted by Gasteiger charge is -2.25. The Morgan fingerprint density at radius 3 is 2.16 bits per heavy atom. The first-order chi connectivity index (χ1) is 9.26. The fraction of sp³-hybridized carbons (Fsp3) is 0.429. The molecule has 0 saturated carbocycles. The lowest BCUT2D eigenvalue weighted by Crippen LogP contribution is -2.45. The lowest BCUT2D eigenvalue weighted by atomic mass is 10.3. The molecule has 0 aliphatic heterocycles. The molecule has 0 saturated heterocycles. The monoisotopic (exact) mass is 282 g/mol. The van der Waals surface area contributed by atoms with E-state index in [2.05, 4.69) is 6.58 Å². The van der Waals surface area contributed by atoms with Gasteiger partial charge in [0.1, 0.15) is 12.4 Å². The number of rotatable bonds is 10. The molecule has 19 heavy (non-hydrogen) atoms. The highest BCUT2D eigenvalue weighted by atomic mass is 28.4. The van der Waals surface area contributed by atoms with Crippen LogP contribution in [0.1, 0.15) is 13.8 Å². The smallest absolute Gasteiger partial charge is 0.491 e. The van der Waals surface area contributed by atoms with E-state index < -0.39 is 8.80 Å². The van der Waals surface area contributed by atoms with Gasteiger partial charge >= 0.3 is 8.80 Å². The fourth-order valence-electron chi connectivity index (χ4n) is 1.56. The van der Waals surface area contributed by atoms with Crippen molar-refractivity contribution in [3.63, 3.8) is 0 Å². The molecule has 0 aliphatic carbocycles. The predicted octanol–water partition coefficient (Wildman–Crippen LogP) is 2.82. The Morgan fingerprint density at radius 1 is 1.00 bits per heavy atom. The van der Waals surface area contributed by atoms with Gasteiger partial charge in [0, 0.05) is 13.2 Å². The van der Waals surface area contributed by atoms with Crippen LogP contribution in [0.2, 0.25) is 0 Å². The van der Waals surface area contributed by atoms with Gasteiger partial charge in [-0.15, -0.1) is 0 Å². The highest BCUT2D eigenvalue weighted by molar-refractivity contribution is 6.66. The average Bonchev–Trinajstić information content (AvgIpc) is 2.45. The van der Waals surface area contributed by atoms with Gasteiger partial charge in [-0.3, -0.25) is 0 Å². The predicted molar refractivity (Wildman–Crippen MR) is 77.1 cm³/mol. The quantitative estimate of drug-likeness (QED) is 0.488. The Labute approximate surface area is 116 Å². The molecule has 0 fully saturated rings. The van der Waals surface area contributed by atoms with E-state index in [0.29, 0.717) is 26.4 Å². The second kappa shape index (κ2) is 8.87. The van der Waals surface area contributed by atoms with Gasteiger partial charge in [-0.1, -0.05) is 24.8 Å². The van der Waals surface area contributed by atoms with Crippen LogP contribution >= 0.6 is 0 Å². The van der Waals surface area contributed by atoms with Crippen LogP contribution in [0.4, 0.5) is 0 Å². The summed E-state index contributed by atoms with van der Waals surface area (Å²) in [6.07, 6.45) is 0. The molecule has 0 aromatic heterocycles. The van der Waals surface area contributed by atoms with Crippen molar-refractivity contribution in [1.82, 2.24) is 0 Å². The van der Waals surface area contributed by atoms with E-state index in [0.717, 1.165) is 5.75 Å². The molecular formula is C14H22O4Si. The molecule has 0 spiro atoms. The van der Waals surface area contributed by atoms with E-state index in [-0.39, 0.29) is 0 Å². The first kappa shape index (κ1) is 15.9. The molecule has 1 rings (SSSR count). The van der Waals surface area contributed by atoms with E-state index >= 15 is 0 Å². The summed E-state index contributed by atoms with van der Waals surface area (Å²) in [5.74, 6) is 0.824. The highest BCUT2D eigenvalue weighted by Crippen LogP contribution is 2.12. The molecule has 5 heteroatoms. The molecular weight excluding hydrogens is 260 g/mol. The van der Waals surface area contributed by atoms with E-state index in [1.807, 2.05) is 44.2 Å². The van der Waals surface area contributed by atoms with E-state index in [1.54, 1.807) is 5.70 Å². The maximum atomic E-state index is 5.73. The molecule has 0 atom stereocenters. The minimum atomic E-state index is -2.72. The first-order valence-corrected chi connectivity index (χ1v) is 8.30.